The zero-order valence-electron chi connectivity index (χ0n) is 11.3. The molecule has 0 N–H and O–H groups in total. The predicted molar refractivity (Wildman–Crippen MR) is 78.7 cm³/mol. The van der Waals surface area contributed by atoms with E-state index in [4.69, 9.17) is 9.26 Å². The molecule has 1 aromatic carbocycles. The summed E-state index contributed by atoms with van der Waals surface area (Å²) in [4.78, 5) is 4.46. The highest BCUT2D eigenvalue weighted by atomic mass is 32.2. The quantitative estimate of drug-likeness (QED) is 0.847. The van der Waals surface area contributed by atoms with Crippen molar-refractivity contribution in [2.45, 2.75) is 30.3 Å². The van der Waals surface area contributed by atoms with Crippen LogP contribution in [0.5, 0.6) is 0 Å². The maximum Gasteiger partial charge on any atom is 0.236 e. The van der Waals surface area contributed by atoms with E-state index < -0.39 is 0 Å². The highest BCUT2D eigenvalue weighted by Crippen LogP contribution is 2.25. The minimum Gasteiger partial charge on any atom is -0.381 e. The minimum atomic E-state index is 0.660. The molecule has 1 aromatic heterocycles. The second kappa shape index (κ2) is 6.90. The summed E-state index contributed by atoms with van der Waals surface area (Å²) in [6.07, 6.45) is 2.97. The lowest BCUT2D eigenvalue weighted by Gasteiger charge is -2.20. The average molecular weight is 290 g/mol. The monoisotopic (exact) mass is 290 g/mol. The van der Waals surface area contributed by atoms with E-state index in [1.165, 1.54) is 5.56 Å². The van der Waals surface area contributed by atoms with Gasteiger partial charge < -0.3 is 9.26 Å². The Bertz CT molecular complexity index is 524. The van der Waals surface area contributed by atoms with E-state index in [1.807, 2.05) is 30.0 Å². The summed E-state index contributed by atoms with van der Waals surface area (Å²) in [5, 5.41) is 4.71. The van der Waals surface area contributed by atoms with E-state index in [0.29, 0.717) is 5.25 Å². The van der Waals surface area contributed by atoms with Crippen LogP contribution in [-0.2, 0) is 16.9 Å². The van der Waals surface area contributed by atoms with Crippen LogP contribution < -0.4 is 0 Å². The minimum absolute atomic E-state index is 0.660. The summed E-state index contributed by atoms with van der Waals surface area (Å²) < 4.78 is 10.7. The Morgan fingerprint density at radius 2 is 1.95 bits per heavy atom. The van der Waals surface area contributed by atoms with Gasteiger partial charge in [-0.15, -0.1) is 11.8 Å². The maximum absolute atomic E-state index is 5.36. The molecule has 4 nitrogen and oxygen atoms in total. The van der Waals surface area contributed by atoms with Gasteiger partial charge in [0, 0.05) is 24.9 Å². The van der Waals surface area contributed by atoms with Crippen LogP contribution in [0.1, 0.15) is 30.1 Å². The Morgan fingerprint density at radius 1 is 1.15 bits per heavy atom. The van der Waals surface area contributed by atoms with Crippen molar-refractivity contribution in [1.82, 2.24) is 10.1 Å². The first-order valence-electron chi connectivity index (χ1n) is 6.95. The van der Waals surface area contributed by atoms with Crippen LogP contribution in [0, 0.1) is 0 Å². The highest BCUT2D eigenvalue weighted by molar-refractivity contribution is 7.99. The number of thioether (sulfide) groups is 1. The molecule has 0 saturated carbocycles. The summed E-state index contributed by atoms with van der Waals surface area (Å²) in [7, 11) is 0. The fraction of sp³-hybridized carbons (Fsp3) is 0.467. The van der Waals surface area contributed by atoms with E-state index in [2.05, 4.69) is 22.3 Å². The second-order valence-corrected chi connectivity index (χ2v) is 6.18. The molecule has 20 heavy (non-hydrogen) atoms. The van der Waals surface area contributed by atoms with Gasteiger partial charge in [-0.25, -0.2) is 0 Å². The third-order valence-corrected chi connectivity index (χ3v) is 4.68. The molecule has 1 saturated heterocycles. The summed E-state index contributed by atoms with van der Waals surface area (Å²) >= 11 is 1.89. The molecule has 3 rings (SSSR count). The van der Waals surface area contributed by atoms with Gasteiger partial charge in [0.1, 0.15) is 0 Å². The first-order chi connectivity index (χ1) is 9.90. The van der Waals surface area contributed by atoms with E-state index in [9.17, 15) is 0 Å². The Kier molecular flexibility index (Phi) is 4.71. The molecule has 106 valence electrons. The van der Waals surface area contributed by atoms with E-state index in [0.717, 1.165) is 49.9 Å². The molecule has 0 aliphatic carbocycles. The molecule has 1 aliphatic rings. The van der Waals surface area contributed by atoms with Gasteiger partial charge in [-0.1, -0.05) is 35.5 Å². The molecular formula is C15H18N2O2S. The molecule has 1 fully saturated rings. The first kappa shape index (κ1) is 13.6. The van der Waals surface area contributed by atoms with E-state index in [-0.39, 0.29) is 0 Å². The molecule has 0 atom stereocenters. The average Bonchev–Trinajstić information content (AvgIpc) is 2.95. The van der Waals surface area contributed by atoms with Crippen molar-refractivity contribution in [1.29, 1.82) is 0 Å². The fourth-order valence-electron chi connectivity index (χ4n) is 2.23. The normalized spacial score (nSPS) is 16.4. The molecular weight excluding hydrogens is 272 g/mol. The van der Waals surface area contributed by atoms with Crippen molar-refractivity contribution in [3.63, 3.8) is 0 Å². The Balaban J connectivity index is 1.51. The molecule has 1 aliphatic heterocycles. The van der Waals surface area contributed by atoms with Gasteiger partial charge in [0.2, 0.25) is 5.89 Å². The topological polar surface area (TPSA) is 48.2 Å². The maximum atomic E-state index is 5.36. The summed E-state index contributed by atoms with van der Waals surface area (Å²) in [6, 6.07) is 10.2. The summed E-state index contributed by atoms with van der Waals surface area (Å²) in [6.45, 7) is 1.75. The molecule has 0 bridgehead atoms. The van der Waals surface area contributed by atoms with Crippen LogP contribution >= 0.6 is 11.8 Å². The van der Waals surface area contributed by atoms with Gasteiger partial charge in [-0.05, 0) is 18.4 Å². The van der Waals surface area contributed by atoms with Gasteiger partial charge in [0.05, 0.1) is 5.75 Å². The van der Waals surface area contributed by atoms with Crippen LogP contribution in [0.2, 0.25) is 0 Å². The Hall–Kier alpha value is -1.33. The largest absolute Gasteiger partial charge is 0.381 e. The molecule has 0 amide bonds. The fourth-order valence-corrected chi connectivity index (χ4v) is 3.25. The van der Waals surface area contributed by atoms with Crippen LogP contribution in [0.15, 0.2) is 34.9 Å². The zero-order valence-corrected chi connectivity index (χ0v) is 12.1. The molecule has 5 heteroatoms. The smallest absolute Gasteiger partial charge is 0.236 e. The van der Waals surface area contributed by atoms with Crippen LogP contribution in [0.3, 0.4) is 0 Å². The van der Waals surface area contributed by atoms with Crippen molar-refractivity contribution < 1.29 is 9.26 Å². The third kappa shape index (κ3) is 3.84. The van der Waals surface area contributed by atoms with Crippen LogP contribution in [0.25, 0.3) is 0 Å². The standard InChI is InChI=1S/C15H18N2O2S/c1-2-4-12(5-3-1)10-14-16-15(19-17-14)11-20-13-6-8-18-9-7-13/h1-5,13H,6-11H2. The SMILES string of the molecule is c1ccc(Cc2noc(CSC3CCOCC3)n2)cc1. The van der Waals surface area contributed by atoms with Gasteiger partial charge in [0.25, 0.3) is 0 Å². The molecule has 2 heterocycles. The first-order valence-corrected chi connectivity index (χ1v) is 8.00. The summed E-state index contributed by atoms with van der Waals surface area (Å²) in [5.74, 6) is 2.29. The lowest BCUT2D eigenvalue weighted by atomic mass is 10.1. The van der Waals surface area contributed by atoms with Crippen LogP contribution in [-0.4, -0.2) is 28.6 Å². The van der Waals surface area contributed by atoms with Gasteiger partial charge in [-0.3, -0.25) is 0 Å². The van der Waals surface area contributed by atoms with E-state index >= 15 is 0 Å². The number of hydrogen-bond acceptors (Lipinski definition) is 5. The number of benzene rings is 1. The van der Waals surface area contributed by atoms with Crippen molar-refractivity contribution in [2.75, 3.05) is 13.2 Å². The second-order valence-electron chi connectivity index (χ2n) is 4.89. The van der Waals surface area contributed by atoms with Gasteiger partial charge >= 0.3 is 0 Å². The summed E-state index contributed by atoms with van der Waals surface area (Å²) in [5.41, 5.74) is 1.21. The highest BCUT2D eigenvalue weighted by Gasteiger charge is 2.16. The number of nitrogens with zero attached hydrogens (tertiary/aromatic N) is 2. The number of ether oxygens (including phenoxy) is 1. The molecule has 0 unspecified atom stereocenters. The van der Waals surface area contributed by atoms with E-state index in [1.54, 1.807) is 0 Å². The van der Waals surface area contributed by atoms with Crippen molar-refractivity contribution in [3.05, 3.63) is 47.6 Å². The Morgan fingerprint density at radius 3 is 2.75 bits per heavy atom. The Labute approximate surface area is 122 Å². The predicted octanol–water partition coefficient (Wildman–Crippen LogP) is 3.07. The van der Waals surface area contributed by atoms with Crippen molar-refractivity contribution in [3.8, 4) is 0 Å². The number of rotatable bonds is 5. The molecule has 0 spiro atoms. The lowest BCUT2D eigenvalue weighted by Crippen LogP contribution is -2.17. The molecule has 0 radical (unpaired) electrons. The third-order valence-electron chi connectivity index (χ3n) is 3.33. The van der Waals surface area contributed by atoms with Gasteiger partial charge in [0.15, 0.2) is 5.82 Å². The van der Waals surface area contributed by atoms with Crippen molar-refractivity contribution in [2.24, 2.45) is 0 Å². The van der Waals surface area contributed by atoms with Crippen LogP contribution in [0.4, 0.5) is 0 Å². The number of hydrogen-bond donors (Lipinski definition) is 0. The molecule has 2 aromatic rings. The van der Waals surface area contributed by atoms with Crippen molar-refractivity contribution >= 4 is 11.8 Å². The number of aromatic nitrogens is 2. The lowest BCUT2D eigenvalue weighted by molar-refractivity contribution is 0.1000. The zero-order chi connectivity index (χ0) is 13.6. The van der Waals surface area contributed by atoms with Gasteiger partial charge in [-0.2, -0.15) is 4.98 Å².